The minimum Gasteiger partial charge on any atom is -0.347 e. The Morgan fingerprint density at radius 3 is 2.48 bits per heavy atom. The largest absolute Gasteiger partial charge is 0.347 e. The van der Waals surface area contributed by atoms with Crippen LogP contribution >= 0.6 is 0 Å². The minimum atomic E-state index is -0.210. The number of benzene rings is 2. The van der Waals surface area contributed by atoms with E-state index in [1.165, 1.54) is 5.56 Å². The van der Waals surface area contributed by atoms with Gasteiger partial charge in [0.1, 0.15) is 0 Å². The summed E-state index contributed by atoms with van der Waals surface area (Å²) in [4.78, 5) is 32.0. The van der Waals surface area contributed by atoms with E-state index in [4.69, 9.17) is 0 Å². The van der Waals surface area contributed by atoms with E-state index in [0.29, 0.717) is 38.4 Å². The Balaban J connectivity index is 1.22. The average molecular weight is 444 g/mol. The first-order valence-electron chi connectivity index (χ1n) is 11.4. The summed E-state index contributed by atoms with van der Waals surface area (Å²) in [5.41, 5.74) is 4.53. The van der Waals surface area contributed by atoms with Gasteiger partial charge in [-0.05, 0) is 17.7 Å². The van der Waals surface area contributed by atoms with E-state index >= 15 is 0 Å². The number of allylic oxidation sites excluding steroid dienone is 1. The highest BCUT2D eigenvalue weighted by Crippen LogP contribution is 2.46. The van der Waals surface area contributed by atoms with Gasteiger partial charge >= 0.3 is 0 Å². The molecule has 1 aromatic heterocycles. The van der Waals surface area contributed by atoms with Crippen LogP contribution in [0.25, 0.3) is 10.9 Å². The van der Waals surface area contributed by atoms with E-state index in [-0.39, 0.29) is 17.1 Å². The quantitative estimate of drug-likeness (QED) is 0.627. The molecule has 1 saturated heterocycles. The summed E-state index contributed by atoms with van der Waals surface area (Å²) in [6, 6.07) is 16.0. The lowest BCUT2D eigenvalue weighted by molar-refractivity contribution is -0.116. The Kier molecular flexibility index (Phi) is 5.29. The maximum absolute atomic E-state index is 13.0. The highest BCUT2D eigenvalue weighted by Gasteiger charge is 2.38. The van der Waals surface area contributed by atoms with Gasteiger partial charge in [-0.2, -0.15) is 5.10 Å². The van der Waals surface area contributed by atoms with Crippen molar-refractivity contribution in [3.05, 3.63) is 71.6 Å². The van der Waals surface area contributed by atoms with Crippen LogP contribution in [0, 0.1) is 0 Å². The molecule has 170 valence electrons. The van der Waals surface area contributed by atoms with Crippen LogP contribution in [0.2, 0.25) is 0 Å². The van der Waals surface area contributed by atoms with Gasteiger partial charge in [0.25, 0.3) is 5.91 Å². The molecule has 7 heteroatoms. The number of aromatic nitrogens is 2. The molecule has 1 N–H and O–H groups in total. The van der Waals surface area contributed by atoms with Crippen molar-refractivity contribution in [3.8, 4) is 0 Å². The lowest BCUT2D eigenvalue weighted by atomic mass is 9.83. The molecule has 1 fully saturated rings. The van der Waals surface area contributed by atoms with E-state index in [0.717, 1.165) is 22.3 Å². The van der Waals surface area contributed by atoms with Crippen molar-refractivity contribution in [2.24, 2.45) is 0 Å². The maximum atomic E-state index is 13.0. The van der Waals surface area contributed by atoms with Gasteiger partial charge in [-0.25, -0.2) is 0 Å². The highest BCUT2D eigenvalue weighted by molar-refractivity contribution is 6.04. The van der Waals surface area contributed by atoms with Crippen molar-refractivity contribution in [2.45, 2.75) is 19.3 Å². The number of nitrogens with one attached hydrogen (secondary N) is 1. The molecule has 0 saturated carbocycles. The summed E-state index contributed by atoms with van der Waals surface area (Å²) >= 11 is 0. The van der Waals surface area contributed by atoms with Gasteiger partial charge in [-0.3, -0.25) is 19.6 Å². The van der Waals surface area contributed by atoms with Gasteiger partial charge < -0.3 is 9.80 Å². The van der Waals surface area contributed by atoms with Crippen LogP contribution in [0.3, 0.4) is 0 Å². The molecular formula is C26H29N5O2. The van der Waals surface area contributed by atoms with Gasteiger partial charge in [0, 0.05) is 61.5 Å². The molecular weight excluding hydrogens is 414 g/mol. The Labute approximate surface area is 193 Å². The molecule has 0 spiro atoms. The van der Waals surface area contributed by atoms with Crippen molar-refractivity contribution in [1.29, 1.82) is 0 Å². The maximum Gasteiger partial charge on any atom is 0.275 e. The number of nitrogens with zero attached hydrogens (tertiary/aromatic N) is 4. The second-order valence-corrected chi connectivity index (χ2v) is 9.38. The fraction of sp³-hybridized carbons (Fsp3) is 0.346. The number of likely N-dealkylation sites (N-methyl/N-ethyl adjacent to an activating group) is 1. The summed E-state index contributed by atoms with van der Waals surface area (Å²) < 4.78 is 0. The zero-order chi connectivity index (χ0) is 23.2. The first kappa shape index (κ1) is 21.4. The molecule has 0 aliphatic carbocycles. The Morgan fingerprint density at radius 2 is 1.73 bits per heavy atom. The average Bonchev–Trinajstić information content (AvgIpc) is 3.33. The number of hydrogen-bond acceptors (Lipinski definition) is 5. The molecule has 3 heterocycles. The number of H-pyrrole nitrogens is 1. The van der Waals surface area contributed by atoms with Crippen molar-refractivity contribution < 1.29 is 9.59 Å². The second-order valence-electron chi connectivity index (χ2n) is 9.38. The number of ketones is 1. The molecule has 0 unspecified atom stereocenters. The molecule has 2 aliphatic rings. The standard InChI is InChI=1S/C26H29N5O2/c1-26(2)20-9-5-7-11-22(20)29(3)23(26)16-18(32)17-30-12-14-31(15-13-30)25(33)24-19-8-4-6-10-21(19)27-28-24/h4-11,16H,12-15,17H2,1-3H3,(H,27,28)/b23-16-. The predicted molar refractivity (Wildman–Crippen MR) is 129 cm³/mol. The zero-order valence-corrected chi connectivity index (χ0v) is 19.3. The minimum absolute atomic E-state index is 0.0624. The number of piperazine rings is 1. The third-order valence-corrected chi connectivity index (χ3v) is 6.95. The van der Waals surface area contributed by atoms with Crippen LogP contribution in [-0.4, -0.2) is 71.5 Å². The molecule has 1 amide bonds. The number of hydrogen-bond donors (Lipinski definition) is 1. The van der Waals surface area contributed by atoms with Crippen molar-refractivity contribution in [2.75, 3.05) is 44.7 Å². The smallest absolute Gasteiger partial charge is 0.275 e. The van der Waals surface area contributed by atoms with Crippen LogP contribution in [-0.2, 0) is 10.2 Å². The first-order chi connectivity index (χ1) is 15.9. The number of aromatic amines is 1. The normalized spacial score (nSPS) is 19.3. The predicted octanol–water partition coefficient (Wildman–Crippen LogP) is 3.20. The molecule has 5 rings (SSSR count). The van der Waals surface area contributed by atoms with Gasteiger partial charge in [0.15, 0.2) is 11.5 Å². The van der Waals surface area contributed by atoms with Crippen molar-refractivity contribution >= 4 is 28.3 Å². The number of rotatable bonds is 4. The third kappa shape index (κ3) is 3.72. The van der Waals surface area contributed by atoms with Crippen LogP contribution < -0.4 is 4.90 Å². The van der Waals surface area contributed by atoms with Crippen molar-refractivity contribution in [1.82, 2.24) is 20.0 Å². The third-order valence-electron chi connectivity index (χ3n) is 6.95. The Hall–Kier alpha value is -3.45. The van der Waals surface area contributed by atoms with Gasteiger partial charge in [0.2, 0.25) is 0 Å². The molecule has 2 aromatic carbocycles. The topological polar surface area (TPSA) is 72.5 Å². The first-order valence-corrected chi connectivity index (χ1v) is 11.4. The summed E-state index contributed by atoms with van der Waals surface area (Å²) in [5.74, 6) is 0.0310. The summed E-state index contributed by atoms with van der Waals surface area (Å²) in [6.07, 6.45) is 1.80. The molecule has 33 heavy (non-hydrogen) atoms. The number of amides is 1. The van der Waals surface area contributed by atoms with E-state index in [1.807, 2.05) is 48.3 Å². The Morgan fingerprint density at radius 1 is 1.03 bits per heavy atom. The lowest BCUT2D eigenvalue weighted by Gasteiger charge is -2.34. The van der Waals surface area contributed by atoms with Crippen LogP contribution in [0.15, 0.2) is 60.3 Å². The summed E-state index contributed by atoms with van der Waals surface area (Å²) in [5, 5.41) is 8.01. The number of carbonyl (C=O) groups is 2. The molecule has 7 nitrogen and oxygen atoms in total. The molecule has 0 atom stereocenters. The van der Waals surface area contributed by atoms with Gasteiger partial charge in [0.05, 0.1) is 12.1 Å². The molecule has 3 aromatic rings. The SMILES string of the molecule is CN1/C(=C\C(=O)CN2CCN(C(=O)c3n[nH]c4ccccc34)CC2)C(C)(C)c2ccccc21. The van der Waals surface area contributed by atoms with Gasteiger partial charge in [-0.1, -0.05) is 50.2 Å². The number of anilines is 1. The molecule has 2 aliphatic heterocycles. The summed E-state index contributed by atoms with van der Waals surface area (Å²) in [7, 11) is 2.02. The van der Waals surface area contributed by atoms with E-state index < -0.39 is 0 Å². The van der Waals surface area contributed by atoms with Crippen LogP contribution in [0.1, 0.15) is 29.9 Å². The van der Waals surface area contributed by atoms with Gasteiger partial charge in [-0.15, -0.1) is 0 Å². The molecule has 0 radical (unpaired) electrons. The number of fused-ring (bicyclic) bond motifs is 2. The second kappa shape index (κ2) is 8.15. The van der Waals surface area contributed by atoms with E-state index in [9.17, 15) is 9.59 Å². The summed E-state index contributed by atoms with van der Waals surface area (Å²) in [6.45, 7) is 7.19. The van der Waals surface area contributed by atoms with Crippen LogP contribution in [0.4, 0.5) is 5.69 Å². The van der Waals surface area contributed by atoms with Crippen LogP contribution in [0.5, 0.6) is 0 Å². The number of para-hydroxylation sites is 2. The fourth-order valence-electron chi connectivity index (χ4n) is 5.06. The highest BCUT2D eigenvalue weighted by atomic mass is 16.2. The lowest BCUT2D eigenvalue weighted by Crippen LogP contribution is -2.50. The monoisotopic (exact) mass is 443 g/mol. The van der Waals surface area contributed by atoms with E-state index in [2.05, 4.69) is 46.0 Å². The molecule has 0 bridgehead atoms. The Bertz CT molecular complexity index is 1250. The fourth-order valence-corrected chi connectivity index (χ4v) is 5.06. The zero-order valence-electron chi connectivity index (χ0n) is 19.3. The van der Waals surface area contributed by atoms with E-state index in [1.54, 1.807) is 6.08 Å². The van der Waals surface area contributed by atoms with Crippen molar-refractivity contribution in [3.63, 3.8) is 0 Å². The number of carbonyl (C=O) groups excluding carboxylic acids is 2.